The van der Waals surface area contributed by atoms with Gasteiger partial charge in [-0.25, -0.2) is 0 Å². The Balaban J connectivity index is 2.17. The second-order valence-electron chi connectivity index (χ2n) is 5.38. The highest BCUT2D eigenvalue weighted by Crippen LogP contribution is 2.37. The van der Waals surface area contributed by atoms with Gasteiger partial charge in [-0.15, -0.1) is 0 Å². The average Bonchev–Trinajstić information content (AvgIpc) is 2.86. The van der Waals surface area contributed by atoms with E-state index in [9.17, 15) is 5.11 Å². The monoisotopic (exact) mass is 256 g/mol. The van der Waals surface area contributed by atoms with E-state index in [0.29, 0.717) is 12.0 Å². The lowest BCUT2D eigenvalue weighted by atomic mass is 9.79. The van der Waals surface area contributed by atoms with E-state index >= 15 is 0 Å². The van der Waals surface area contributed by atoms with Crippen LogP contribution in [0, 0.1) is 0 Å². The second kappa shape index (κ2) is 4.83. The Hall–Kier alpha value is -1.58. The molecule has 1 aromatic carbocycles. The standard InChI is InChI=1S/C16H20N2O/c1-10(9-19)6-13-12-4-3-5-14-16(12)11(8-18-14)7-15(13)17-2/h3-6,8,13,15,17-19H,7,9H2,1-2H3/b10-6+/t13?,15-/m1/s1. The SMILES string of the molecule is CN[C@@H]1Cc2c[nH]c3cccc(c23)C1/C=C(\C)CO. The Bertz CT molecular complexity index is 627. The third-order valence-corrected chi connectivity index (χ3v) is 4.14. The van der Waals surface area contributed by atoms with Crippen LogP contribution in [0.4, 0.5) is 0 Å². The number of hydrogen-bond donors (Lipinski definition) is 3. The number of likely N-dealkylation sites (N-methyl/N-ethyl adjacent to an activating group) is 1. The molecule has 1 aliphatic rings. The zero-order valence-corrected chi connectivity index (χ0v) is 11.4. The zero-order valence-electron chi connectivity index (χ0n) is 11.4. The molecule has 0 saturated carbocycles. The molecule has 3 N–H and O–H groups in total. The van der Waals surface area contributed by atoms with Crippen molar-refractivity contribution in [1.82, 2.24) is 10.3 Å². The van der Waals surface area contributed by atoms with Crippen LogP contribution in [0.25, 0.3) is 10.9 Å². The highest BCUT2D eigenvalue weighted by molar-refractivity contribution is 5.88. The van der Waals surface area contributed by atoms with Crippen LogP contribution < -0.4 is 5.32 Å². The fourth-order valence-corrected chi connectivity index (χ4v) is 3.15. The molecular weight excluding hydrogens is 236 g/mol. The number of hydrogen-bond acceptors (Lipinski definition) is 2. The molecule has 100 valence electrons. The van der Waals surface area contributed by atoms with Gasteiger partial charge in [-0.3, -0.25) is 0 Å². The first-order valence-corrected chi connectivity index (χ1v) is 6.79. The highest BCUT2D eigenvalue weighted by atomic mass is 16.3. The summed E-state index contributed by atoms with van der Waals surface area (Å²) in [6, 6.07) is 6.82. The molecule has 0 bridgehead atoms. The third-order valence-electron chi connectivity index (χ3n) is 4.14. The Kier molecular flexibility index (Phi) is 3.17. The Morgan fingerprint density at radius 3 is 3.11 bits per heavy atom. The molecule has 2 atom stereocenters. The summed E-state index contributed by atoms with van der Waals surface area (Å²) >= 11 is 0. The quantitative estimate of drug-likeness (QED) is 0.738. The van der Waals surface area contributed by atoms with Crippen LogP contribution in [-0.4, -0.2) is 29.8 Å². The van der Waals surface area contributed by atoms with Crippen molar-refractivity contribution in [3.63, 3.8) is 0 Å². The molecule has 1 aromatic heterocycles. The smallest absolute Gasteiger partial charge is 0.0639 e. The molecule has 0 radical (unpaired) electrons. The molecule has 0 fully saturated rings. The minimum Gasteiger partial charge on any atom is -0.392 e. The van der Waals surface area contributed by atoms with Crippen LogP contribution in [0.2, 0.25) is 0 Å². The predicted octanol–water partition coefficient (Wildman–Crippen LogP) is 2.33. The molecule has 1 unspecified atom stereocenters. The Labute approximate surface area is 113 Å². The van der Waals surface area contributed by atoms with Crippen molar-refractivity contribution >= 4 is 10.9 Å². The topological polar surface area (TPSA) is 48.0 Å². The number of benzene rings is 1. The predicted molar refractivity (Wildman–Crippen MR) is 78.4 cm³/mol. The van der Waals surface area contributed by atoms with Crippen molar-refractivity contribution in [2.45, 2.75) is 25.3 Å². The molecule has 3 nitrogen and oxygen atoms in total. The van der Waals surface area contributed by atoms with Gasteiger partial charge < -0.3 is 15.4 Å². The molecule has 2 aromatic rings. The minimum atomic E-state index is 0.128. The summed E-state index contributed by atoms with van der Waals surface area (Å²) in [7, 11) is 2.01. The van der Waals surface area contributed by atoms with Gasteiger partial charge >= 0.3 is 0 Å². The molecule has 3 heteroatoms. The molecule has 1 heterocycles. The molecule has 0 amide bonds. The maximum absolute atomic E-state index is 9.28. The lowest BCUT2D eigenvalue weighted by molar-refractivity contribution is 0.330. The number of rotatable bonds is 3. The first kappa shape index (κ1) is 12.5. The van der Waals surface area contributed by atoms with Gasteiger partial charge in [-0.1, -0.05) is 23.8 Å². The van der Waals surface area contributed by atoms with Crippen molar-refractivity contribution < 1.29 is 5.11 Å². The lowest BCUT2D eigenvalue weighted by Crippen LogP contribution is -2.35. The largest absolute Gasteiger partial charge is 0.392 e. The summed E-state index contributed by atoms with van der Waals surface area (Å²) in [6.45, 7) is 2.11. The second-order valence-corrected chi connectivity index (χ2v) is 5.38. The lowest BCUT2D eigenvalue weighted by Gasteiger charge is -2.30. The fourth-order valence-electron chi connectivity index (χ4n) is 3.15. The van der Waals surface area contributed by atoms with Gasteiger partial charge in [0.2, 0.25) is 0 Å². The number of aromatic amines is 1. The molecule has 3 rings (SSSR count). The van der Waals surface area contributed by atoms with E-state index in [1.165, 1.54) is 22.0 Å². The zero-order chi connectivity index (χ0) is 13.4. The van der Waals surface area contributed by atoms with Gasteiger partial charge in [0, 0.05) is 29.1 Å². The van der Waals surface area contributed by atoms with Gasteiger partial charge in [-0.05, 0) is 37.6 Å². The number of aliphatic hydroxyl groups excluding tert-OH is 1. The average molecular weight is 256 g/mol. The summed E-state index contributed by atoms with van der Waals surface area (Å²) in [4.78, 5) is 3.35. The molecule has 19 heavy (non-hydrogen) atoms. The number of aromatic nitrogens is 1. The van der Waals surface area contributed by atoms with Crippen LogP contribution in [0.3, 0.4) is 0 Å². The van der Waals surface area contributed by atoms with E-state index in [0.717, 1.165) is 12.0 Å². The van der Waals surface area contributed by atoms with E-state index < -0.39 is 0 Å². The van der Waals surface area contributed by atoms with Gasteiger partial charge in [0.1, 0.15) is 0 Å². The fraction of sp³-hybridized carbons (Fsp3) is 0.375. The van der Waals surface area contributed by atoms with Gasteiger partial charge in [-0.2, -0.15) is 0 Å². The Morgan fingerprint density at radius 2 is 2.37 bits per heavy atom. The number of nitrogens with one attached hydrogen (secondary N) is 2. The van der Waals surface area contributed by atoms with Gasteiger partial charge in [0.25, 0.3) is 0 Å². The van der Waals surface area contributed by atoms with Crippen LogP contribution in [0.15, 0.2) is 36.0 Å². The summed E-state index contributed by atoms with van der Waals surface area (Å²) in [5, 5.41) is 14.1. The van der Waals surface area contributed by atoms with E-state index in [4.69, 9.17) is 0 Å². The summed E-state index contributed by atoms with van der Waals surface area (Å²) in [5.74, 6) is 0.323. The van der Waals surface area contributed by atoms with Crippen LogP contribution >= 0.6 is 0 Å². The van der Waals surface area contributed by atoms with Crippen LogP contribution in [0.1, 0.15) is 24.0 Å². The Morgan fingerprint density at radius 1 is 1.53 bits per heavy atom. The molecule has 0 saturated heterocycles. The summed E-state index contributed by atoms with van der Waals surface area (Å²) in [6.07, 6.45) is 5.34. The van der Waals surface area contributed by atoms with Crippen molar-refractivity contribution in [3.05, 3.63) is 47.2 Å². The van der Waals surface area contributed by atoms with Gasteiger partial charge in [0.05, 0.1) is 6.61 Å². The van der Waals surface area contributed by atoms with Crippen LogP contribution in [0.5, 0.6) is 0 Å². The van der Waals surface area contributed by atoms with E-state index in [-0.39, 0.29) is 6.61 Å². The van der Waals surface area contributed by atoms with Crippen LogP contribution in [-0.2, 0) is 6.42 Å². The van der Waals surface area contributed by atoms with E-state index in [1.807, 2.05) is 14.0 Å². The maximum Gasteiger partial charge on any atom is 0.0639 e. The summed E-state index contributed by atoms with van der Waals surface area (Å²) < 4.78 is 0. The first-order valence-electron chi connectivity index (χ1n) is 6.79. The highest BCUT2D eigenvalue weighted by Gasteiger charge is 2.28. The van der Waals surface area contributed by atoms with Gasteiger partial charge in [0.15, 0.2) is 0 Å². The number of H-pyrrole nitrogens is 1. The van der Waals surface area contributed by atoms with Crippen molar-refractivity contribution in [3.8, 4) is 0 Å². The maximum atomic E-state index is 9.28. The number of aliphatic hydroxyl groups is 1. The summed E-state index contributed by atoms with van der Waals surface area (Å²) in [5.41, 5.74) is 4.98. The molecule has 1 aliphatic carbocycles. The molecule has 0 spiro atoms. The normalized spacial score (nSPS) is 23.0. The minimum absolute atomic E-state index is 0.128. The van der Waals surface area contributed by atoms with Crippen molar-refractivity contribution in [2.75, 3.05) is 13.7 Å². The van der Waals surface area contributed by atoms with Crippen molar-refractivity contribution in [1.29, 1.82) is 0 Å². The van der Waals surface area contributed by atoms with E-state index in [1.54, 1.807) is 0 Å². The third kappa shape index (κ3) is 1.99. The first-order chi connectivity index (χ1) is 9.24. The molecule has 0 aliphatic heterocycles. The molecular formula is C16H20N2O. The van der Waals surface area contributed by atoms with E-state index in [2.05, 4.69) is 40.8 Å². The van der Waals surface area contributed by atoms with Crippen molar-refractivity contribution in [2.24, 2.45) is 0 Å².